The number of rotatable bonds is 7. The number of halogens is 2. The molecule has 0 radical (unpaired) electrons. The molecule has 0 spiro atoms. The number of carboxylic acid groups (broad SMARTS) is 1. The molecule has 5 rings (SSSR count). The van der Waals surface area contributed by atoms with E-state index in [1.165, 1.54) is 0 Å². The van der Waals surface area contributed by atoms with Crippen LogP contribution in [0.5, 0.6) is 0 Å². The number of aliphatic imine (C=N–C) groups is 1. The number of fused-ring (bicyclic) bond motifs is 2. The summed E-state index contributed by atoms with van der Waals surface area (Å²) in [5, 5.41) is 24.8. The summed E-state index contributed by atoms with van der Waals surface area (Å²) in [6.07, 6.45) is 2.84. The van der Waals surface area contributed by atoms with Crippen LogP contribution >= 0.6 is 23.2 Å². The zero-order chi connectivity index (χ0) is 30.7. The van der Waals surface area contributed by atoms with E-state index in [2.05, 4.69) is 15.6 Å². The first-order valence-corrected chi connectivity index (χ1v) is 14.2. The minimum atomic E-state index is -1.43. The van der Waals surface area contributed by atoms with Gasteiger partial charge in [-0.2, -0.15) is 5.26 Å². The lowest BCUT2D eigenvalue weighted by Gasteiger charge is -2.30. The SMILES string of the molecule is CO[C@H]1CCN(C(=NC[C@H](NC(=O)c2c(Cl)cc3c(c2Cl)CCN(C(=O)c2cc4ccccc4o2)C3)C(=O)O)NC#N)C1. The van der Waals surface area contributed by atoms with E-state index in [9.17, 15) is 19.5 Å². The van der Waals surface area contributed by atoms with Gasteiger partial charge in [-0.15, -0.1) is 0 Å². The van der Waals surface area contributed by atoms with Crippen LogP contribution in [0.25, 0.3) is 11.0 Å². The van der Waals surface area contributed by atoms with Crippen molar-refractivity contribution in [2.24, 2.45) is 4.99 Å². The van der Waals surface area contributed by atoms with Gasteiger partial charge in [-0.1, -0.05) is 41.4 Å². The smallest absolute Gasteiger partial charge is 0.328 e. The van der Waals surface area contributed by atoms with Crippen LogP contribution in [-0.4, -0.2) is 84.1 Å². The Kier molecular flexibility index (Phi) is 9.05. The molecule has 1 aromatic heterocycles. The number of furan rings is 1. The summed E-state index contributed by atoms with van der Waals surface area (Å²) < 4.78 is 11.1. The monoisotopic (exact) mass is 626 g/mol. The molecule has 0 aliphatic carbocycles. The first kappa shape index (κ1) is 30.2. The molecule has 14 heteroatoms. The molecule has 2 aliphatic rings. The molecule has 224 valence electrons. The summed E-state index contributed by atoms with van der Waals surface area (Å²) in [5.41, 5.74) is 1.88. The van der Waals surface area contributed by atoms with Gasteiger partial charge in [-0.3, -0.25) is 14.9 Å². The van der Waals surface area contributed by atoms with E-state index < -0.39 is 17.9 Å². The Bertz CT molecular complexity index is 1620. The zero-order valence-electron chi connectivity index (χ0n) is 23.1. The maximum Gasteiger partial charge on any atom is 0.328 e. The number of likely N-dealkylation sites (tertiary alicyclic amines) is 1. The number of amides is 2. The maximum atomic E-state index is 13.3. The summed E-state index contributed by atoms with van der Waals surface area (Å²) in [4.78, 5) is 46.1. The van der Waals surface area contributed by atoms with Crippen LogP contribution in [0.15, 0.2) is 45.8 Å². The van der Waals surface area contributed by atoms with Crippen molar-refractivity contribution >= 4 is 57.9 Å². The van der Waals surface area contributed by atoms with E-state index in [1.54, 1.807) is 41.3 Å². The third kappa shape index (κ3) is 6.39. The van der Waals surface area contributed by atoms with E-state index in [1.807, 2.05) is 18.2 Å². The molecule has 2 amide bonds. The topological polar surface area (TPSA) is 160 Å². The van der Waals surface area contributed by atoms with E-state index >= 15 is 0 Å². The second-order valence-corrected chi connectivity index (χ2v) is 11.0. The quantitative estimate of drug-likeness (QED) is 0.155. The summed E-state index contributed by atoms with van der Waals surface area (Å²) >= 11 is 13.2. The highest BCUT2D eigenvalue weighted by Crippen LogP contribution is 2.35. The van der Waals surface area contributed by atoms with E-state index in [0.717, 1.165) is 11.8 Å². The number of carbonyl (C=O) groups is 3. The average Bonchev–Trinajstić information content (AvgIpc) is 3.65. The Morgan fingerprint density at radius 2 is 2.02 bits per heavy atom. The van der Waals surface area contributed by atoms with Gasteiger partial charge in [0.15, 0.2) is 12.0 Å². The van der Waals surface area contributed by atoms with Crippen molar-refractivity contribution in [1.82, 2.24) is 20.4 Å². The van der Waals surface area contributed by atoms with Gasteiger partial charge in [0.05, 0.1) is 28.3 Å². The molecule has 2 aliphatic heterocycles. The molecule has 0 bridgehead atoms. The molecule has 43 heavy (non-hydrogen) atoms. The Labute approximate surface area is 256 Å². The molecule has 12 nitrogen and oxygen atoms in total. The Morgan fingerprint density at radius 3 is 2.72 bits per heavy atom. The van der Waals surface area contributed by atoms with Crippen LogP contribution in [0, 0.1) is 11.5 Å². The van der Waals surface area contributed by atoms with Gasteiger partial charge in [0.2, 0.25) is 5.96 Å². The third-order valence-corrected chi connectivity index (χ3v) is 8.24. The number of para-hydroxylation sites is 1. The number of benzene rings is 2. The molecule has 2 atom stereocenters. The standard InChI is InChI=1S/C29H28Cl2N6O6/c1-42-18-6-8-37(14-18)29(34-15-32)33-12-21(28(40)41)35-26(38)24-20(30)10-17-13-36(9-7-19(17)25(24)31)27(39)23-11-16-4-2-3-5-22(16)43-23/h2-5,10-11,18,21H,6-9,12-14H2,1H3,(H,33,34)(H,35,38)(H,40,41)/t18-,21-/m0/s1. The van der Waals surface area contributed by atoms with Gasteiger partial charge in [0.1, 0.15) is 11.6 Å². The summed E-state index contributed by atoms with van der Waals surface area (Å²) in [6, 6.07) is 9.18. The number of nitrogens with one attached hydrogen (secondary N) is 2. The highest BCUT2D eigenvalue weighted by atomic mass is 35.5. The normalized spacial score (nSPS) is 17.3. The number of methoxy groups -OCH3 is 1. The second-order valence-electron chi connectivity index (χ2n) is 10.2. The number of hydrogen-bond acceptors (Lipinski definition) is 7. The molecule has 3 heterocycles. The van der Waals surface area contributed by atoms with Crippen LogP contribution in [0.3, 0.4) is 0 Å². The van der Waals surface area contributed by atoms with Crippen molar-refractivity contribution in [3.63, 3.8) is 0 Å². The number of ether oxygens (including phenoxy) is 1. The van der Waals surface area contributed by atoms with E-state index in [4.69, 9.17) is 37.6 Å². The number of carboxylic acids is 1. The molecule has 1 saturated heterocycles. The number of nitriles is 1. The highest BCUT2D eigenvalue weighted by molar-refractivity contribution is 6.40. The molecule has 3 aromatic rings. The van der Waals surface area contributed by atoms with Crippen molar-refractivity contribution < 1.29 is 28.6 Å². The fraction of sp³-hybridized carbons (Fsp3) is 0.345. The number of guanidine groups is 1. The van der Waals surface area contributed by atoms with Crippen LogP contribution in [0.2, 0.25) is 10.0 Å². The van der Waals surface area contributed by atoms with Crippen molar-refractivity contribution in [2.45, 2.75) is 31.5 Å². The van der Waals surface area contributed by atoms with Gasteiger partial charge in [-0.05, 0) is 42.2 Å². The Balaban J connectivity index is 1.30. The van der Waals surface area contributed by atoms with Crippen molar-refractivity contribution in [2.75, 3.05) is 33.3 Å². The first-order chi connectivity index (χ1) is 20.7. The Morgan fingerprint density at radius 1 is 1.23 bits per heavy atom. The first-order valence-electron chi connectivity index (χ1n) is 13.5. The summed E-state index contributed by atoms with van der Waals surface area (Å²) in [7, 11) is 1.59. The minimum absolute atomic E-state index is 0.0152. The van der Waals surface area contributed by atoms with E-state index in [0.29, 0.717) is 42.8 Å². The molecule has 0 unspecified atom stereocenters. The molecule has 3 N–H and O–H groups in total. The summed E-state index contributed by atoms with van der Waals surface area (Å²) in [5.74, 6) is -1.98. The van der Waals surface area contributed by atoms with Gasteiger partial charge in [0, 0.05) is 38.7 Å². The van der Waals surface area contributed by atoms with Crippen molar-refractivity contribution in [3.8, 4) is 6.19 Å². The highest BCUT2D eigenvalue weighted by Gasteiger charge is 2.31. The average molecular weight is 627 g/mol. The predicted octanol–water partition coefficient (Wildman–Crippen LogP) is 3.27. The zero-order valence-corrected chi connectivity index (χ0v) is 24.6. The second kappa shape index (κ2) is 12.9. The maximum absolute atomic E-state index is 13.3. The molecule has 2 aromatic carbocycles. The van der Waals surface area contributed by atoms with Gasteiger partial charge < -0.3 is 29.4 Å². The van der Waals surface area contributed by atoms with Crippen LogP contribution in [0.1, 0.15) is 38.5 Å². The Hall–Kier alpha value is -4.31. The van der Waals surface area contributed by atoms with Gasteiger partial charge in [0.25, 0.3) is 11.8 Å². The minimum Gasteiger partial charge on any atom is -0.480 e. The van der Waals surface area contributed by atoms with Crippen LogP contribution in [-0.2, 0) is 22.5 Å². The number of carbonyl (C=O) groups excluding carboxylic acids is 2. The fourth-order valence-corrected chi connectivity index (χ4v) is 6.02. The molecule has 1 fully saturated rings. The lowest BCUT2D eigenvalue weighted by molar-refractivity contribution is -0.138. The molecular weight excluding hydrogens is 599 g/mol. The van der Waals surface area contributed by atoms with Gasteiger partial charge in [-0.25, -0.2) is 9.79 Å². The largest absolute Gasteiger partial charge is 0.480 e. The third-order valence-electron chi connectivity index (χ3n) is 7.53. The number of aliphatic carboxylic acids is 1. The lowest BCUT2D eigenvalue weighted by atomic mass is 9.96. The van der Waals surface area contributed by atoms with Crippen molar-refractivity contribution in [1.29, 1.82) is 5.26 Å². The lowest BCUT2D eigenvalue weighted by Crippen LogP contribution is -2.45. The predicted molar refractivity (Wildman–Crippen MR) is 158 cm³/mol. The summed E-state index contributed by atoms with van der Waals surface area (Å²) in [6.45, 7) is 1.23. The fourth-order valence-electron chi connectivity index (χ4n) is 5.25. The number of nitrogens with zero attached hydrogens (tertiary/aromatic N) is 4. The van der Waals surface area contributed by atoms with Crippen LogP contribution < -0.4 is 10.6 Å². The van der Waals surface area contributed by atoms with Crippen LogP contribution in [0.4, 0.5) is 0 Å². The van der Waals surface area contributed by atoms with Crippen molar-refractivity contribution in [3.05, 3.63) is 68.9 Å². The number of hydrogen-bond donors (Lipinski definition) is 3. The molecule has 0 saturated carbocycles. The van der Waals surface area contributed by atoms with Gasteiger partial charge >= 0.3 is 5.97 Å². The van der Waals surface area contributed by atoms with E-state index in [-0.39, 0.29) is 52.4 Å². The molecular formula is C29H28Cl2N6O6.